The Hall–Kier alpha value is -3.36. The molecule has 0 atom stereocenters. The van der Waals surface area contributed by atoms with Crippen LogP contribution in [0.15, 0.2) is 54.6 Å². The summed E-state index contributed by atoms with van der Waals surface area (Å²) >= 11 is 0. The number of hydrogen-bond acceptors (Lipinski definition) is 7. The topological polar surface area (TPSA) is 93.4 Å². The van der Waals surface area contributed by atoms with Gasteiger partial charge in [-0.05, 0) is 18.1 Å². The van der Waals surface area contributed by atoms with Crippen LogP contribution in [0.1, 0.15) is 16.8 Å². The van der Waals surface area contributed by atoms with Crippen molar-refractivity contribution in [2.24, 2.45) is 0 Å². The molecule has 1 N–H and O–H groups in total. The molecule has 0 saturated carbocycles. The van der Waals surface area contributed by atoms with Gasteiger partial charge >= 0.3 is 0 Å². The third kappa shape index (κ3) is 5.62. The molecule has 4 rings (SSSR count). The molecule has 2 aromatic carbocycles. The molecule has 1 saturated heterocycles. The fourth-order valence-corrected chi connectivity index (χ4v) is 3.59. The largest absolute Gasteiger partial charge is 0.379 e. The maximum atomic E-state index is 11.1. The molecule has 0 spiro atoms. The number of benzene rings is 2. The maximum Gasteiger partial charge on any atom is 0.270 e. The standard InChI is InChI=1S/C23H25N5O3/c1-17-12-22(26-23(25-17)20-6-3-7-21(14-20)28(29)30)24-15-18-4-2-5-19(13-18)16-27-8-10-31-11-9-27/h2-7,12-14H,8-11,15-16H2,1H3,(H,24,25,26). The second-order valence-electron chi connectivity index (χ2n) is 7.59. The van der Waals surface area contributed by atoms with Gasteiger partial charge in [0.2, 0.25) is 0 Å². The van der Waals surface area contributed by atoms with Crippen LogP contribution in [0.25, 0.3) is 11.4 Å². The molecule has 160 valence electrons. The number of ether oxygens (including phenoxy) is 1. The first-order valence-corrected chi connectivity index (χ1v) is 10.3. The van der Waals surface area contributed by atoms with E-state index in [9.17, 15) is 10.1 Å². The van der Waals surface area contributed by atoms with Crippen molar-refractivity contribution in [2.75, 3.05) is 31.6 Å². The monoisotopic (exact) mass is 419 g/mol. The summed E-state index contributed by atoms with van der Waals surface area (Å²) in [4.78, 5) is 22.1. The summed E-state index contributed by atoms with van der Waals surface area (Å²) in [6.45, 7) is 6.94. The van der Waals surface area contributed by atoms with E-state index in [1.807, 2.05) is 13.0 Å². The maximum absolute atomic E-state index is 11.1. The van der Waals surface area contributed by atoms with Crippen molar-refractivity contribution in [3.05, 3.63) is 81.5 Å². The molecule has 0 radical (unpaired) electrons. The van der Waals surface area contributed by atoms with E-state index in [2.05, 4.69) is 44.5 Å². The van der Waals surface area contributed by atoms with Crippen LogP contribution in [0.4, 0.5) is 11.5 Å². The van der Waals surface area contributed by atoms with Gasteiger partial charge in [0.15, 0.2) is 5.82 Å². The molecule has 1 aromatic heterocycles. The Kier molecular flexibility index (Phi) is 6.49. The molecule has 3 aromatic rings. The lowest BCUT2D eigenvalue weighted by atomic mass is 10.1. The number of anilines is 1. The fourth-order valence-electron chi connectivity index (χ4n) is 3.59. The Morgan fingerprint density at radius 3 is 2.65 bits per heavy atom. The van der Waals surface area contributed by atoms with Crippen molar-refractivity contribution in [1.82, 2.24) is 14.9 Å². The third-order valence-corrected chi connectivity index (χ3v) is 5.14. The van der Waals surface area contributed by atoms with Crippen molar-refractivity contribution >= 4 is 11.5 Å². The number of nitro groups is 1. The number of aromatic nitrogens is 2. The van der Waals surface area contributed by atoms with Crippen molar-refractivity contribution in [2.45, 2.75) is 20.0 Å². The second kappa shape index (κ2) is 9.63. The van der Waals surface area contributed by atoms with Crippen LogP contribution in [-0.2, 0) is 17.8 Å². The highest BCUT2D eigenvalue weighted by Gasteiger charge is 2.12. The average molecular weight is 419 g/mol. The van der Waals surface area contributed by atoms with E-state index in [4.69, 9.17) is 4.74 Å². The number of non-ortho nitro benzene ring substituents is 1. The summed E-state index contributed by atoms with van der Waals surface area (Å²) in [7, 11) is 0. The number of nitrogens with zero attached hydrogens (tertiary/aromatic N) is 4. The minimum atomic E-state index is -0.414. The normalized spacial score (nSPS) is 14.4. The van der Waals surface area contributed by atoms with Gasteiger partial charge in [0.1, 0.15) is 5.82 Å². The zero-order valence-electron chi connectivity index (χ0n) is 17.5. The smallest absolute Gasteiger partial charge is 0.270 e. The number of morpholine rings is 1. The zero-order valence-corrected chi connectivity index (χ0v) is 17.5. The summed E-state index contributed by atoms with van der Waals surface area (Å²) in [6, 6.07) is 16.8. The SMILES string of the molecule is Cc1cc(NCc2cccc(CN3CCOCC3)c2)nc(-c2cccc([N+](=O)[O-])c2)n1. The van der Waals surface area contributed by atoms with Crippen LogP contribution in [0.5, 0.6) is 0 Å². The number of aryl methyl sites for hydroxylation is 1. The molecular weight excluding hydrogens is 394 g/mol. The van der Waals surface area contributed by atoms with Gasteiger partial charge in [0.25, 0.3) is 5.69 Å². The third-order valence-electron chi connectivity index (χ3n) is 5.14. The van der Waals surface area contributed by atoms with E-state index in [1.54, 1.807) is 12.1 Å². The molecule has 8 nitrogen and oxygen atoms in total. The second-order valence-corrected chi connectivity index (χ2v) is 7.59. The molecule has 1 aliphatic rings. The van der Waals surface area contributed by atoms with E-state index in [0.29, 0.717) is 23.8 Å². The molecule has 0 amide bonds. The van der Waals surface area contributed by atoms with Gasteiger partial charge in [0.05, 0.1) is 18.1 Å². The fraction of sp³-hybridized carbons (Fsp3) is 0.304. The molecule has 1 aliphatic heterocycles. The van der Waals surface area contributed by atoms with Gasteiger partial charge in [-0.2, -0.15) is 0 Å². The van der Waals surface area contributed by atoms with Gasteiger partial charge < -0.3 is 10.1 Å². The minimum absolute atomic E-state index is 0.0224. The molecule has 0 unspecified atom stereocenters. The highest BCUT2D eigenvalue weighted by Crippen LogP contribution is 2.23. The van der Waals surface area contributed by atoms with Gasteiger partial charge in [-0.1, -0.05) is 36.4 Å². The van der Waals surface area contributed by atoms with E-state index in [0.717, 1.165) is 38.5 Å². The lowest BCUT2D eigenvalue weighted by molar-refractivity contribution is -0.384. The predicted octanol–water partition coefficient (Wildman–Crippen LogP) is 3.80. The van der Waals surface area contributed by atoms with Crippen LogP contribution in [0, 0.1) is 17.0 Å². The van der Waals surface area contributed by atoms with Crippen molar-refractivity contribution in [3.8, 4) is 11.4 Å². The van der Waals surface area contributed by atoms with E-state index >= 15 is 0 Å². The molecule has 1 fully saturated rings. The highest BCUT2D eigenvalue weighted by atomic mass is 16.6. The van der Waals surface area contributed by atoms with Crippen LogP contribution in [-0.4, -0.2) is 46.1 Å². The van der Waals surface area contributed by atoms with Crippen molar-refractivity contribution in [1.29, 1.82) is 0 Å². The Labute approximate surface area is 181 Å². The summed E-state index contributed by atoms with van der Waals surface area (Å²) in [5.41, 5.74) is 3.87. The van der Waals surface area contributed by atoms with Crippen LogP contribution < -0.4 is 5.32 Å². The Balaban J connectivity index is 1.46. The number of nitro benzene ring substituents is 1. The average Bonchev–Trinajstić information content (AvgIpc) is 2.78. The summed E-state index contributed by atoms with van der Waals surface area (Å²) in [5.74, 6) is 1.15. The lowest BCUT2D eigenvalue weighted by Crippen LogP contribution is -2.35. The van der Waals surface area contributed by atoms with Gasteiger partial charge in [-0.15, -0.1) is 0 Å². The first-order valence-electron chi connectivity index (χ1n) is 10.3. The van der Waals surface area contributed by atoms with Gasteiger partial charge in [-0.3, -0.25) is 15.0 Å². The Bertz CT molecular complexity index is 1070. The van der Waals surface area contributed by atoms with E-state index in [-0.39, 0.29) is 5.69 Å². The van der Waals surface area contributed by atoms with E-state index < -0.39 is 4.92 Å². The van der Waals surface area contributed by atoms with Crippen molar-refractivity contribution < 1.29 is 9.66 Å². The zero-order chi connectivity index (χ0) is 21.6. The highest BCUT2D eigenvalue weighted by molar-refractivity contribution is 5.61. The van der Waals surface area contributed by atoms with Crippen LogP contribution in [0.2, 0.25) is 0 Å². The van der Waals surface area contributed by atoms with Crippen LogP contribution >= 0.6 is 0 Å². The first kappa shape index (κ1) is 20.9. The Morgan fingerprint density at radius 2 is 1.84 bits per heavy atom. The molecule has 2 heterocycles. The molecule has 0 aliphatic carbocycles. The van der Waals surface area contributed by atoms with Crippen LogP contribution in [0.3, 0.4) is 0 Å². The predicted molar refractivity (Wildman–Crippen MR) is 119 cm³/mol. The van der Waals surface area contributed by atoms with Crippen molar-refractivity contribution in [3.63, 3.8) is 0 Å². The molecule has 31 heavy (non-hydrogen) atoms. The first-order chi connectivity index (χ1) is 15.1. The molecule has 8 heteroatoms. The Morgan fingerprint density at radius 1 is 1.06 bits per heavy atom. The van der Waals surface area contributed by atoms with Gasteiger partial charge in [-0.25, -0.2) is 9.97 Å². The quantitative estimate of drug-likeness (QED) is 0.460. The number of nitrogens with one attached hydrogen (secondary N) is 1. The lowest BCUT2D eigenvalue weighted by Gasteiger charge is -2.26. The summed E-state index contributed by atoms with van der Waals surface area (Å²) < 4.78 is 5.42. The van der Waals surface area contributed by atoms with Gasteiger partial charge in [0, 0.05) is 55.6 Å². The molecular formula is C23H25N5O3. The summed E-state index contributed by atoms with van der Waals surface area (Å²) in [6.07, 6.45) is 0. The number of rotatable bonds is 7. The number of hydrogen-bond donors (Lipinski definition) is 1. The van der Waals surface area contributed by atoms with E-state index in [1.165, 1.54) is 23.3 Å². The summed E-state index contributed by atoms with van der Waals surface area (Å²) in [5, 5.41) is 14.4. The minimum Gasteiger partial charge on any atom is -0.379 e. The molecule has 0 bridgehead atoms.